The van der Waals surface area contributed by atoms with E-state index in [4.69, 9.17) is 9.47 Å². The SMILES string of the molecule is CCOc1cc(C=C(C#N)c2ccc(C)cc2)cc(I)c1OCc1ccc([N+](=O)[O-])cc1. The van der Waals surface area contributed by atoms with Gasteiger partial charge in [0.1, 0.15) is 6.61 Å². The molecule has 3 rings (SSSR count). The van der Waals surface area contributed by atoms with Gasteiger partial charge in [-0.25, -0.2) is 0 Å². The number of benzene rings is 3. The molecule has 0 saturated heterocycles. The minimum absolute atomic E-state index is 0.0383. The van der Waals surface area contributed by atoms with E-state index in [9.17, 15) is 15.4 Å². The molecule has 7 heteroatoms. The minimum atomic E-state index is -0.431. The Morgan fingerprint density at radius 1 is 1.12 bits per heavy atom. The minimum Gasteiger partial charge on any atom is -0.490 e. The van der Waals surface area contributed by atoms with Crippen LogP contribution in [0.3, 0.4) is 0 Å². The molecule has 0 aliphatic carbocycles. The second-order valence-electron chi connectivity index (χ2n) is 7.01. The summed E-state index contributed by atoms with van der Waals surface area (Å²) in [4.78, 5) is 10.4. The zero-order chi connectivity index (χ0) is 23.1. The van der Waals surface area contributed by atoms with Gasteiger partial charge in [0.15, 0.2) is 11.5 Å². The molecule has 3 aromatic rings. The molecule has 0 fully saturated rings. The summed E-state index contributed by atoms with van der Waals surface area (Å²) in [6.45, 7) is 4.60. The van der Waals surface area contributed by atoms with Gasteiger partial charge in [0.2, 0.25) is 0 Å². The van der Waals surface area contributed by atoms with Gasteiger partial charge in [-0.3, -0.25) is 10.1 Å². The van der Waals surface area contributed by atoms with E-state index < -0.39 is 4.92 Å². The van der Waals surface area contributed by atoms with Crippen molar-refractivity contribution in [1.29, 1.82) is 5.26 Å². The first kappa shape index (κ1) is 23.3. The van der Waals surface area contributed by atoms with Crippen LogP contribution in [0.15, 0.2) is 60.7 Å². The number of halogens is 1. The average molecular weight is 540 g/mol. The average Bonchev–Trinajstić information content (AvgIpc) is 2.78. The molecule has 0 aliphatic heterocycles. The smallest absolute Gasteiger partial charge is 0.269 e. The predicted molar refractivity (Wildman–Crippen MR) is 132 cm³/mol. The first-order valence-corrected chi connectivity index (χ1v) is 11.0. The molecule has 0 aromatic heterocycles. The van der Waals surface area contributed by atoms with Crippen LogP contribution in [-0.2, 0) is 6.61 Å². The van der Waals surface area contributed by atoms with Crippen LogP contribution in [0.2, 0.25) is 0 Å². The Hall–Kier alpha value is -3.38. The number of ether oxygens (including phenoxy) is 2. The number of allylic oxidation sites excluding steroid dienone is 1. The number of nitro benzene ring substituents is 1. The highest BCUT2D eigenvalue weighted by Crippen LogP contribution is 2.36. The highest BCUT2D eigenvalue weighted by Gasteiger charge is 2.13. The molecule has 0 radical (unpaired) electrons. The second-order valence-corrected chi connectivity index (χ2v) is 8.17. The topological polar surface area (TPSA) is 85.4 Å². The Kier molecular flexibility index (Phi) is 7.84. The quantitative estimate of drug-likeness (QED) is 0.106. The van der Waals surface area contributed by atoms with Gasteiger partial charge in [0.05, 0.1) is 26.7 Å². The van der Waals surface area contributed by atoms with Gasteiger partial charge in [-0.2, -0.15) is 5.26 Å². The van der Waals surface area contributed by atoms with Crippen LogP contribution in [0.1, 0.15) is 29.2 Å². The third-order valence-electron chi connectivity index (χ3n) is 4.66. The molecule has 0 unspecified atom stereocenters. The van der Waals surface area contributed by atoms with E-state index in [0.29, 0.717) is 23.7 Å². The Morgan fingerprint density at radius 2 is 1.81 bits per heavy atom. The van der Waals surface area contributed by atoms with E-state index in [0.717, 1.165) is 25.8 Å². The molecule has 32 heavy (non-hydrogen) atoms. The fourth-order valence-corrected chi connectivity index (χ4v) is 3.80. The van der Waals surface area contributed by atoms with Gasteiger partial charge in [-0.05, 0) is 83.5 Å². The molecule has 0 aliphatic rings. The van der Waals surface area contributed by atoms with Gasteiger partial charge >= 0.3 is 0 Å². The first-order valence-electron chi connectivity index (χ1n) is 9.92. The maximum Gasteiger partial charge on any atom is 0.269 e. The number of rotatable bonds is 8. The summed E-state index contributed by atoms with van der Waals surface area (Å²) in [6, 6.07) is 20.1. The van der Waals surface area contributed by atoms with Gasteiger partial charge in [0, 0.05) is 12.1 Å². The number of nitriles is 1. The van der Waals surface area contributed by atoms with Crippen molar-refractivity contribution in [3.8, 4) is 17.6 Å². The third kappa shape index (κ3) is 5.86. The van der Waals surface area contributed by atoms with Crippen molar-refractivity contribution < 1.29 is 14.4 Å². The summed E-state index contributed by atoms with van der Waals surface area (Å²) in [6.07, 6.45) is 1.83. The molecule has 162 valence electrons. The lowest BCUT2D eigenvalue weighted by atomic mass is 10.0. The summed E-state index contributed by atoms with van der Waals surface area (Å²) in [5.74, 6) is 1.17. The lowest BCUT2D eigenvalue weighted by Gasteiger charge is -2.15. The van der Waals surface area contributed by atoms with E-state index in [1.165, 1.54) is 12.1 Å². The van der Waals surface area contributed by atoms with E-state index in [1.54, 1.807) is 12.1 Å². The number of hydrogen-bond acceptors (Lipinski definition) is 5. The zero-order valence-electron chi connectivity index (χ0n) is 17.7. The molecule has 0 heterocycles. The first-order chi connectivity index (χ1) is 15.4. The molecule has 0 atom stereocenters. The zero-order valence-corrected chi connectivity index (χ0v) is 19.8. The Morgan fingerprint density at radius 3 is 2.41 bits per heavy atom. The van der Waals surface area contributed by atoms with Crippen LogP contribution in [0, 0.1) is 31.9 Å². The normalized spacial score (nSPS) is 11.0. The van der Waals surface area contributed by atoms with Crippen molar-refractivity contribution in [2.24, 2.45) is 0 Å². The van der Waals surface area contributed by atoms with Crippen LogP contribution in [0.5, 0.6) is 11.5 Å². The summed E-state index contributed by atoms with van der Waals surface area (Å²) < 4.78 is 12.6. The van der Waals surface area contributed by atoms with E-state index in [1.807, 2.05) is 56.3 Å². The molecule has 0 spiro atoms. The highest BCUT2D eigenvalue weighted by molar-refractivity contribution is 14.1. The summed E-state index contributed by atoms with van der Waals surface area (Å²) >= 11 is 2.18. The van der Waals surface area contributed by atoms with Crippen molar-refractivity contribution in [2.75, 3.05) is 6.61 Å². The lowest BCUT2D eigenvalue weighted by Crippen LogP contribution is -2.02. The fourth-order valence-electron chi connectivity index (χ4n) is 3.02. The lowest BCUT2D eigenvalue weighted by molar-refractivity contribution is -0.384. The predicted octanol–water partition coefficient (Wildman–Crippen LogP) is 6.55. The summed E-state index contributed by atoms with van der Waals surface area (Å²) in [5.41, 5.74) is 4.22. The van der Waals surface area contributed by atoms with Crippen LogP contribution < -0.4 is 9.47 Å². The third-order valence-corrected chi connectivity index (χ3v) is 5.46. The largest absolute Gasteiger partial charge is 0.490 e. The number of non-ortho nitro benzene ring substituents is 1. The van der Waals surface area contributed by atoms with E-state index in [2.05, 4.69) is 28.7 Å². The maximum absolute atomic E-state index is 10.8. The van der Waals surface area contributed by atoms with Gasteiger partial charge in [-0.1, -0.05) is 29.8 Å². The summed E-state index contributed by atoms with van der Waals surface area (Å²) in [7, 11) is 0. The molecule has 3 aromatic carbocycles. The number of aryl methyl sites for hydroxylation is 1. The monoisotopic (exact) mass is 540 g/mol. The maximum atomic E-state index is 10.8. The van der Waals surface area contributed by atoms with Crippen molar-refractivity contribution in [1.82, 2.24) is 0 Å². The fraction of sp³-hybridized carbons (Fsp3) is 0.160. The molecular weight excluding hydrogens is 519 g/mol. The standard InChI is InChI=1S/C25H21IN2O4/c1-3-31-24-14-19(12-21(15-27)20-8-4-17(2)5-9-20)13-23(26)25(24)32-16-18-6-10-22(11-7-18)28(29)30/h4-14H,3,16H2,1-2H3. The second kappa shape index (κ2) is 10.8. The molecule has 0 amide bonds. The van der Waals surface area contributed by atoms with Gasteiger partial charge < -0.3 is 9.47 Å². The van der Waals surface area contributed by atoms with Gasteiger partial charge in [-0.15, -0.1) is 0 Å². The highest BCUT2D eigenvalue weighted by atomic mass is 127. The Balaban J connectivity index is 1.87. The van der Waals surface area contributed by atoms with Gasteiger partial charge in [0.25, 0.3) is 5.69 Å². The van der Waals surface area contributed by atoms with Crippen LogP contribution in [0.25, 0.3) is 11.6 Å². The molecule has 6 nitrogen and oxygen atoms in total. The molecule has 0 bridgehead atoms. The Labute approximate surface area is 200 Å². The number of nitro groups is 1. The van der Waals surface area contributed by atoms with Crippen molar-refractivity contribution in [2.45, 2.75) is 20.5 Å². The van der Waals surface area contributed by atoms with Crippen molar-refractivity contribution in [3.05, 3.63) is 96.6 Å². The summed E-state index contributed by atoms with van der Waals surface area (Å²) in [5, 5.41) is 20.5. The Bertz CT molecular complexity index is 1180. The molecule has 0 N–H and O–H groups in total. The van der Waals surface area contributed by atoms with Crippen molar-refractivity contribution in [3.63, 3.8) is 0 Å². The van der Waals surface area contributed by atoms with E-state index >= 15 is 0 Å². The molecular formula is C25H21IN2O4. The number of hydrogen-bond donors (Lipinski definition) is 0. The van der Waals surface area contributed by atoms with Crippen molar-refractivity contribution >= 4 is 39.9 Å². The van der Waals surface area contributed by atoms with Crippen LogP contribution in [-0.4, -0.2) is 11.5 Å². The van der Waals surface area contributed by atoms with Crippen LogP contribution in [0.4, 0.5) is 5.69 Å². The van der Waals surface area contributed by atoms with E-state index in [-0.39, 0.29) is 12.3 Å². The van der Waals surface area contributed by atoms with Crippen LogP contribution >= 0.6 is 22.6 Å². The molecule has 0 saturated carbocycles. The number of nitrogens with zero attached hydrogens (tertiary/aromatic N) is 2.